The Labute approximate surface area is 122 Å². The van der Waals surface area contributed by atoms with E-state index < -0.39 is 0 Å². The molecular formula is C16H13N5. The Morgan fingerprint density at radius 2 is 1.95 bits per heavy atom. The Hall–Kier alpha value is -3.00. The van der Waals surface area contributed by atoms with Crippen LogP contribution in [-0.2, 0) is 0 Å². The van der Waals surface area contributed by atoms with Crippen molar-refractivity contribution in [1.82, 2.24) is 15.2 Å². The summed E-state index contributed by atoms with van der Waals surface area (Å²) < 4.78 is 0. The average molecular weight is 275 g/mol. The second kappa shape index (κ2) is 5.17. The van der Waals surface area contributed by atoms with Crippen LogP contribution in [-0.4, -0.2) is 15.2 Å². The van der Waals surface area contributed by atoms with E-state index in [2.05, 4.69) is 26.6 Å². The number of anilines is 2. The summed E-state index contributed by atoms with van der Waals surface area (Å²) in [7, 11) is 0. The second-order valence-electron chi connectivity index (χ2n) is 4.75. The molecule has 0 saturated carbocycles. The lowest BCUT2D eigenvalue weighted by Crippen LogP contribution is -2.04. The molecule has 2 heterocycles. The van der Waals surface area contributed by atoms with E-state index in [1.807, 2.05) is 44.2 Å². The van der Waals surface area contributed by atoms with Crippen molar-refractivity contribution >= 4 is 22.4 Å². The van der Waals surface area contributed by atoms with Gasteiger partial charge in [-0.05, 0) is 43.7 Å². The number of hydrogen-bond acceptors (Lipinski definition) is 5. The number of aromatic nitrogens is 3. The topological polar surface area (TPSA) is 74.5 Å². The molecule has 2 aromatic heterocycles. The van der Waals surface area contributed by atoms with Gasteiger partial charge in [0, 0.05) is 17.3 Å². The zero-order chi connectivity index (χ0) is 14.8. The molecule has 3 aromatic rings. The molecule has 0 radical (unpaired) electrons. The second-order valence-corrected chi connectivity index (χ2v) is 4.75. The van der Waals surface area contributed by atoms with E-state index >= 15 is 0 Å². The lowest BCUT2D eigenvalue weighted by atomic mass is 10.1. The SMILES string of the molecule is Cc1nnc(Nc2cccc3ncccc23)c(C#N)c1C. The standard InChI is InChI=1S/C16H13N5/c1-10-11(2)20-21-16(13(10)9-17)19-15-7-3-6-14-12(15)5-4-8-18-14/h3-8H,1-2H3,(H,19,21). The lowest BCUT2D eigenvalue weighted by molar-refractivity contribution is 0.961. The molecule has 0 unspecified atom stereocenters. The third kappa shape index (κ3) is 2.28. The zero-order valence-corrected chi connectivity index (χ0v) is 11.8. The molecule has 5 heteroatoms. The quantitative estimate of drug-likeness (QED) is 0.777. The summed E-state index contributed by atoms with van der Waals surface area (Å²) in [6.07, 6.45) is 1.75. The van der Waals surface area contributed by atoms with E-state index in [1.165, 1.54) is 0 Å². The molecular weight excluding hydrogens is 262 g/mol. The molecule has 3 rings (SSSR count). The van der Waals surface area contributed by atoms with Gasteiger partial charge in [0.2, 0.25) is 0 Å². The van der Waals surface area contributed by atoms with Gasteiger partial charge in [0.05, 0.1) is 11.2 Å². The maximum Gasteiger partial charge on any atom is 0.171 e. The maximum absolute atomic E-state index is 9.34. The minimum absolute atomic E-state index is 0.469. The molecule has 0 aliphatic heterocycles. The first-order chi connectivity index (χ1) is 10.2. The predicted octanol–water partition coefficient (Wildman–Crippen LogP) is 3.26. The normalized spacial score (nSPS) is 10.3. The Balaban J connectivity index is 2.12. The van der Waals surface area contributed by atoms with Crippen LogP contribution in [0.25, 0.3) is 10.9 Å². The van der Waals surface area contributed by atoms with Gasteiger partial charge in [-0.3, -0.25) is 4.98 Å². The summed E-state index contributed by atoms with van der Waals surface area (Å²) in [5.41, 5.74) is 3.86. The predicted molar refractivity (Wildman–Crippen MR) is 81.2 cm³/mol. The third-order valence-corrected chi connectivity index (χ3v) is 3.47. The van der Waals surface area contributed by atoms with Gasteiger partial charge >= 0.3 is 0 Å². The summed E-state index contributed by atoms with van der Waals surface area (Å²) in [6.45, 7) is 3.72. The smallest absolute Gasteiger partial charge is 0.171 e. The van der Waals surface area contributed by atoms with Crippen molar-refractivity contribution in [3.63, 3.8) is 0 Å². The minimum Gasteiger partial charge on any atom is -0.337 e. The van der Waals surface area contributed by atoms with Crippen molar-refractivity contribution in [2.75, 3.05) is 5.32 Å². The summed E-state index contributed by atoms with van der Waals surface area (Å²) in [5.74, 6) is 0.469. The zero-order valence-electron chi connectivity index (χ0n) is 11.8. The van der Waals surface area contributed by atoms with E-state index in [4.69, 9.17) is 0 Å². The van der Waals surface area contributed by atoms with Gasteiger partial charge in [-0.25, -0.2) is 0 Å². The van der Waals surface area contributed by atoms with Gasteiger partial charge < -0.3 is 5.32 Å². The first kappa shape index (κ1) is 13.0. The number of nitrogens with one attached hydrogen (secondary N) is 1. The summed E-state index contributed by atoms with van der Waals surface area (Å²) >= 11 is 0. The number of nitriles is 1. The molecule has 0 atom stereocenters. The van der Waals surface area contributed by atoms with Crippen LogP contribution < -0.4 is 5.32 Å². The fourth-order valence-corrected chi connectivity index (χ4v) is 2.17. The van der Waals surface area contributed by atoms with E-state index in [9.17, 15) is 5.26 Å². The van der Waals surface area contributed by atoms with Crippen LogP contribution in [0.4, 0.5) is 11.5 Å². The molecule has 5 nitrogen and oxygen atoms in total. The van der Waals surface area contributed by atoms with Crippen LogP contribution in [0, 0.1) is 25.2 Å². The molecule has 0 spiro atoms. The maximum atomic E-state index is 9.34. The van der Waals surface area contributed by atoms with Crippen LogP contribution in [0.2, 0.25) is 0 Å². The molecule has 0 aliphatic rings. The van der Waals surface area contributed by atoms with Crippen LogP contribution in [0.3, 0.4) is 0 Å². The Kier molecular flexibility index (Phi) is 3.20. The van der Waals surface area contributed by atoms with Crippen molar-refractivity contribution in [2.45, 2.75) is 13.8 Å². The summed E-state index contributed by atoms with van der Waals surface area (Å²) in [6, 6.07) is 11.8. The van der Waals surface area contributed by atoms with E-state index in [-0.39, 0.29) is 0 Å². The Morgan fingerprint density at radius 1 is 1.10 bits per heavy atom. The van der Waals surface area contributed by atoms with Gasteiger partial charge in [0.25, 0.3) is 0 Å². The number of nitrogens with zero attached hydrogens (tertiary/aromatic N) is 4. The number of hydrogen-bond donors (Lipinski definition) is 1. The van der Waals surface area contributed by atoms with E-state index in [0.717, 1.165) is 27.8 Å². The summed E-state index contributed by atoms with van der Waals surface area (Å²) in [4.78, 5) is 4.32. The van der Waals surface area contributed by atoms with Gasteiger partial charge in [-0.2, -0.15) is 10.4 Å². The van der Waals surface area contributed by atoms with Crippen LogP contribution in [0.5, 0.6) is 0 Å². The Morgan fingerprint density at radius 3 is 2.76 bits per heavy atom. The fraction of sp³-hybridized carbons (Fsp3) is 0.125. The number of rotatable bonds is 2. The largest absolute Gasteiger partial charge is 0.337 e. The highest BCUT2D eigenvalue weighted by atomic mass is 15.2. The van der Waals surface area contributed by atoms with Crippen LogP contribution in [0.1, 0.15) is 16.8 Å². The van der Waals surface area contributed by atoms with E-state index in [0.29, 0.717) is 11.4 Å². The first-order valence-corrected chi connectivity index (χ1v) is 6.55. The molecule has 102 valence electrons. The van der Waals surface area contributed by atoms with Gasteiger partial charge in [-0.1, -0.05) is 6.07 Å². The van der Waals surface area contributed by atoms with E-state index in [1.54, 1.807) is 6.20 Å². The molecule has 0 saturated heterocycles. The van der Waals surface area contributed by atoms with Crippen molar-refractivity contribution in [2.24, 2.45) is 0 Å². The van der Waals surface area contributed by atoms with Gasteiger partial charge in [0.1, 0.15) is 11.6 Å². The van der Waals surface area contributed by atoms with Gasteiger partial charge in [-0.15, -0.1) is 5.10 Å². The van der Waals surface area contributed by atoms with Crippen molar-refractivity contribution < 1.29 is 0 Å². The number of fused-ring (bicyclic) bond motifs is 1. The molecule has 1 N–H and O–H groups in total. The summed E-state index contributed by atoms with van der Waals surface area (Å²) in [5, 5.41) is 21.7. The number of aryl methyl sites for hydroxylation is 1. The number of pyridine rings is 1. The monoisotopic (exact) mass is 275 g/mol. The van der Waals surface area contributed by atoms with Gasteiger partial charge in [0.15, 0.2) is 5.82 Å². The fourth-order valence-electron chi connectivity index (χ4n) is 2.17. The molecule has 0 fully saturated rings. The Bertz CT molecular complexity index is 859. The minimum atomic E-state index is 0.469. The third-order valence-electron chi connectivity index (χ3n) is 3.47. The average Bonchev–Trinajstić information content (AvgIpc) is 2.52. The highest BCUT2D eigenvalue weighted by molar-refractivity contribution is 5.93. The number of benzene rings is 1. The lowest BCUT2D eigenvalue weighted by Gasteiger charge is -2.11. The molecule has 0 aliphatic carbocycles. The van der Waals surface area contributed by atoms with Crippen LogP contribution >= 0.6 is 0 Å². The molecule has 0 amide bonds. The molecule has 21 heavy (non-hydrogen) atoms. The van der Waals surface area contributed by atoms with Crippen molar-refractivity contribution in [3.8, 4) is 6.07 Å². The highest BCUT2D eigenvalue weighted by Gasteiger charge is 2.12. The molecule has 1 aromatic carbocycles. The van der Waals surface area contributed by atoms with Crippen LogP contribution in [0.15, 0.2) is 36.5 Å². The van der Waals surface area contributed by atoms with Crippen molar-refractivity contribution in [3.05, 3.63) is 53.3 Å². The molecule has 0 bridgehead atoms. The van der Waals surface area contributed by atoms with Crippen molar-refractivity contribution in [1.29, 1.82) is 5.26 Å². The highest BCUT2D eigenvalue weighted by Crippen LogP contribution is 2.26. The first-order valence-electron chi connectivity index (χ1n) is 6.55.